The average Bonchev–Trinajstić information content (AvgIpc) is 2.77. The third-order valence-corrected chi connectivity index (χ3v) is 2.81. The van der Waals surface area contributed by atoms with Gasteiger partial charge >= 0.3 is 12.0 Å². The normalized spacial score (nSPS) is 10.6. The fourth-order valence-corrected chi connectivity index (χ4v) is 1.88. The summed E-state index contributed by atoms with van der Waals surface area (Å²) in [4.78, 5) is 16.6. The number of amides is 1. The van der Waals surface area contributed by atoms with Gasteiger partial charge in [-0.15, -0.1) is 0 Å². The minimum Gasteiger partial charge on any atom is -0.465 e. The van der Waals surface area contributed by atoms with Crippen LogP contribution in [0.5, 0.6) is 6.01 Å². The van der Waals surface area contributed by atoms with E-state index in [9.17, 15) is 4.79 Å². The van der Waals surface area contributed by atoms with E-state index in [1.165, 1.54) is 4.57 Å². The first-order valence-corrected chi connectivity index (χ1v) is 6.66. The Bertz CT molecular complexity index is 563. The number of rotatable bonds is 5. The molecule has 1 amide bonds. The Morgan fingerprint density at radius 2 is 2.16 bits per heavy atom. The van der Waals surface area contributed by atoms with Crippen LogP contribution in [-0.2, 0) is 0 Å². The number of imidazole rings is 1. The Morgan fingerprint density at radius 3 is 2.89 bits per heavy atom. The van der Waals surface area contributed by atoms with Gasteiger partial charge in [-0.05, 0) is 25.5 Å². The maximum atomic E-state index is 12.2. The standard InChI is InChI=1S/C14H19N3O2/c1-3-5-10-15-13(18)17-12-9-7-6-8-11(12)16-14(17)19-4-2/h6-9H,3-5,10H2,1-2H3,(H,15,18). The molecule has 1 heterocycles. The predicted molar refractivity (Wildman–Crippen MR) is 74.6 cm³/mol. The van der Waals surface area contributed by atoms with Crippen LogP contribution < -0.4 is 10.1 Å². The second kappa shape index (κ2) is 6.22. The fraction of sp³-hybridized carbons (Fsp3) is 0.429. The first kappa shape index (κ1) is 13.4. The van der Waals surface area contributed by atoms with Crippen molar-refractivity contribution in [1.29, 1.82) is 0 Å². The van der Waals surface area contributed by atoms with Gasteiger partial charge in [-0.2, -0.15) is 4.98 Å². The van der Waals surface area contributed by atoms with E-state index in [2.05, 4.69) is 17.2 Å². The predicted octanol–water partition coefficient (Wildman–Crippen LogP) is 2.79. The van der Waals surface area contributed by atoms with E-state index in [0.29, 0.717) is 19.2 Å². The molecule has 0 saturated heterocycles. The van der Waals surface area contributed by atoms with Gasteiger partial charge in [0.25, 0.3) is 0 Å². The van der Waals surface area contributed by atoms with Crippen molar-refractivity contribution >= 4 is 17.1 Å². The number of aromatic nitrogens is 2. The Labute approximate surface area is 112 Å². The molecule has 5 heteroatoms. The quantitative estimate of drug-likeness (QED) is 0.842. The third-order valence-electron chi connectivity index (χ3n) is 2.81. The fourth-order valence-electron chi connectivity index (χ4n) is 1.88. The smallest absolute Gasteiger partial charge is 0.330 e. The lowest BCUT2D eigenvalue weighted by atomic mass is 10.3. The molecule has 0 bridgehead atoms. The van der Waals surface area contributed by atoms with Crippen LogP contribution in [-0.4, -0.2) is 28.7 Å². The molecule has 1 N–H and O–H groups in total. The zero-order valence-electron chi connectivity index (χ0n) is 11.3. The van der Waals surface area contributed by atoms with Crippen molar-refractivity contribution in [3.05, 3.63) is 24.3 Å². The van der Waals surface area contributed by atoms with Gasteiger partial charge < -0.3 is 10.1 Å². The Kier molecular flexibility index (Phi) is 4.39. The van der Waals surface area contributed by atoms with E-state index < -0.39 is 0 Å². The number of nitrogens with one attached hydrogen (secondary N) is 1. The maximum absolute atomic E-state index is 12.2. The molecule has 0 spiro atoms. The van der Waals surface area contributed by atoms with Crippen LogP contribution in [0.25, 0.3) is 11.0 Å². The number of unbranched alkanes of at least 4 members (excludes halogenated alkanes) is 1. The number of carbonyl (C=O) groups is 1. The summed E-state index contributed by atoms with van der Waals surface area (Å²) in [5.74, 6) is 0. The summed E-state index contributed by atoms with van der Waals surface area (Å²) in [5.41, 5.74) is 1.52. The zero-order chi connectivity index (χ0) is 13.7. The van der Waals surface area contributed by atoms with Crippen molar-refractivity contribution in [2.75, 3.05) is 13.2 Å². The molecular formula is C14H19N3O2. The number of carbonyl (C=O) groups excluding carboxylic acids is 1. The Morgan fingerprint density at radius 1 is 1.37 bits per heavy atom. The average molecular weight is 261 g/mol. The molecule has 0 aliphatic carbocycles. The van der Waals surface area contributed by atoms with Crippen LogP contribution in [0.3, 0.4) is 0 Å². The van der Waals surface area contributed by atoms with Crippen molar-refractivity contribution in [2.24, 2.45) is 0 Å². The van der Waals surface area contributed by atoms with E-state index in [1.807, 2.05) is 31.2 Å². The minimum absolute atomic E-state index is 0.189. The molecule has 5 nitrogen and oxygen atoms in total. The SMILES string of the molecule is CCCCNC(=O)n1c(OCC)nc2ccccc21. The van der Waals surface area contributed by atoms with Crippen molar-refractivity contribution in [3.8, 4) is 6.01 Å². The summed E-state index contributed by atoms with van der Waals surface area (Å²) < 4.78 is 6.93. The van der Waals surface area contributed by atoms with Gasteiger partial charge in [0, 0.05) is 6.54 Å². The molecule has 19 heavy (non-hydrogen) atoms. The van der Waals surface area contributed by atoms with Gasteiger partial charge in [0.05, 0.1) is 17.6 Å². The first-order valence-electron chi connectivity index (χ1n) is 6.66. The first-order chi connectivity index (χ1) is 9.27. The second-order valence-corrected chi connectivity index (χ2v) is 4.24. The number of nitrogens with zero attached hydrogens (tertiary/aromatic N) is 2. The lowest BCUT2D eigenvalue weighted by molar-refractivity contribution is 0.235. The van der Waals surface area contributed by atoms with E-state index >= 15 is 0 Å². The Balaban J connectivity index is 2.32. The highest BCUT2D eigenvalue weighted by Crippen LogP contribution is 2.20. The molecule has 2 rings (SSSR count). The van der Waals surface area contributed by atoms with Gasteiger partial charge in [0.2, 0.25) is 0 Å². The molecule has 0 atom stereocenters. The van der Waals surface area contributed by atoms with Gasteiger partial charge in [-0.25, -0.2) is 9.36 Å². The highest BCUT2D eigenvalue weighted by Gasteiger charge is 2.16. The summed E-state index contributed by atoms with van der Waals surface area (Å²) in [7, 11) is 0. The summed E-state index contributed by atoms with van der Waals surface area (Å²) >= 11 is 0. The zero-order valence-corrected chi connectivity index (χ0v) is 11.3. The highest BCUT2D eigenvalue weighted by molar-refractivity contribution is 5.90. The number of para-hydroxylation sites is 2. The minimum atomic E-state index is -0.189. The number of fused-ring (bicyclic) bond motifs is 1. The third kappa shape index (κ3) is 2.86. The van der Waals surface area contributed by atoms with Gasteiger partial charge in [-0.1, -0.05) is 25.5 Å². The number of hydrogen-bond acceptors (Lipinski definition) is 3. The summed E-state index contributed by atoms with van der Waals surface area (Å²) in [6.45, 7) is 5.10. The van der Waals surface area contributed by atoms with E-state index in [1.54, 1.807) is 0 Å². The molecular weight excluding hydrogens is 242 g/mol. The van der Waals surface area contributed by atoms with E-state index in [4.69, 9.17) is 4.74 Å². The molecule has 1 aromatic heterocycles. The molecule has 2 aromatic rings. The molecule has 0 radical (unpaired) electrons. The second-order valence-electron chi connectivity index (χ2n) is 4.24. The number of ether oxygens (including phenoxy) is 1. The molecule has 0 unspecified atom stereocenters. The molecule has 0 saturated carbocycles. The summed E-state index contributed by atoms with van der Waals surface area (Å²) in [6, 6.07) is 7.67. The molecule has 102 valence electrons. The Hall–Kier alpha value is -2.04. The topological polar surface area (TPSA) is 56.2 Å². The van der Waals surface area contributed by atoms with Crippen LogP contribution in [0, 0.1) is 0 Å². The van der Waals surface area contributed by atoms with Crippen molar-refractivity contribution in [2.45, 2.75) is 26.7 Å². The lowest BCUT2D eigenvalue weighted by Gasteiger charge is -2.09. The molecule has 0 aliphatic rings. The van der Waals surface area contributed by atoms with Crippen LogP contribution >= 0.6 is 0 Å². The van der Waals surface area contributed by atoms with Gasteiger partial charge in [0.15, 0.2) is 0 Å². The van der Waals surface area contributed by atoms with Gasteiger partial charge in [0.1, 0.15) is 0 Å². The van der Waals surface area contributed by atoms with Crippen LogP contribution in [0.15, 0.2) is 24.3 Å². The van der Waals surface area contributed by atoms with Crippen LogP contribution in [0.4, 0.5) is 4.79 Å². The van der Waals surface area contributed by atoms with Crippen molar-refractivity contribution < 1.29 is 9.53 Å². The van der Waals surface area contributed by atoms with E-state index in [-0.39, 0.29) is 6.03 Å². The lowest BCUT2D eigenvalue weighted by Crippen LogP contribution is -2.29. The molecule has 0 fully saturated rings. The maximum Gasteiger partial charge on any atom is 0.330 e. The highest BCUT2D eigenvalue weighted by atomic mass is 16.5. The number of hydrogen-bond donors (Lipinski definition) is 1. The summed E-state index contributed by atoms with van der Waals surface area (Å²) in [6.07, 6.45) is 2.01. The number of benzene rings is 1. The summed E-state index contributed by atoms with van der Waals surface area (Å²) in [5, 5.41) is 2.88. The van der Waals surface area contributed by atoms with Crippen LogP contribution in [0.1, 0.15) is 26.7 Å². The largest absolute Gasteiger partial charge is 0.465 e. The van der Waals surface area contributed by atoms with Gasteiger partial charge in [-0.3, -0.25) is 0 Å². The molecule has 0 aliphatic heterocycles. The van der Waals surface area contributed by atoms with Crippen LogP contribution in [0.2, 0.25) is 0 Å². The van der Waals surface area contributed by atoms with E-state index in [0.717, 1.165) is 23.9 Å². The van der Waals surface area contributed by atoms with Crippen molar-refractivity contribution in [1.82, 2.24) is 14.9 Å². The monoisotopic (exact) mass is 261 g/mol. The molecule has 1 aromatic carbocycles. The van der Waals surface area contributed by atoms with Crippen molar-refractivity contribution in [3.63, 3.8) is 0 Å².